The molecule has 1 N–H and O–H groups in total. The minimum absolute atomic E-state index is 0.117. The number of aryl methyl sites for hydroxylation is 1. The van der Waals surface area contributed by atoms with Crippen LogP contribution in [-0.4, -0.2) is 38.3 Å². The first-order valence-corrected chi connectivity index (χ1v) is 11.9. The Morgan fingerprint density at radius 1 is 1.23 bits per heavy atom. The fourth-order valence-corrected chi connectivity index (χ4v) is 5.51. The maximum absolute atomic E-state index is 13.1. The summed E-state index contributed by atoms with van der Waals surface area (Å²) >= 11 is 12.0. The summed E-state index contributed by atoms with van der Waals surface area (Å²) < 4.78 is 33.2. The standard InChI is InChI=1S/C21H24Cl2N2O4S/c1-3-29-20-9-7-17(11-14(20)2)30(27,28)25-10-4-5-15(13-25)21(26)24-19-8-6-16(22)12-18(19)23/h6-9,11-12,15H,3-5,10,13H2,1-2H3,(H,24,26)/t15-/m1/s1. The van der Waals surface area contributed by atoms with Gasteiger partial charge in [0.05, 0.1) is 28.1 Å². The third-order valence-corrected chi connectivity index (χ3v) is 7.44. The number of ether oxygens (including phenoxy) is 1. The van der Waals surface area contributed by atoms with E-state index >= 15 is 0 Å². The molecule has 0 aliphatic carbocycles. The smallest absolute Gasteiger partial charge is 0.243 e. The zero-order valence-electron chi connectivity index (χ0n) is 16.8. The summed E-state index contributed by atoms with van der Waals surface area (Å²) in [6.45, 7) is 4.69. The molecule has 0 aromatic heterocycles. The normalized spacial score (nSPS) is 17.5. The first-order chi connectivity index (χ1) is 14.2. The Labute approximate surface area is 187 Å². The number of hydrogen-bond donors (Lipinski definition) is 1. The molecule has 2 aromatic carbocycles. The SMILES string of the molecule is CCOc1ccc(S(=O)(=O)N2CCC[C@@H](C(=O)Nc3ccc(Cl)cc3Cl)C2)cc1C. The number of nitrogens with one attached hydrogen (secondary N) is 1. The van der Waals surface area contributed by atoms with Crippen molar-refractivity contribution in [3.63, 3.8) is 0 Å². The van der Waals surface area contributed by atoms with Crippen molar-refractivity contribution in [1.82, 2.24) is 4.31 Å². The summed E-state index contributed by atoms with van der Waals surface area (Å²) in [7, 11) is -3.72. The minimum atomic E-state index is -3.72. The molecule has 2 aromatic rings. The van der Waals surface area contributed by atoms with Gasteiger partial charge in [-0.1, -0.05) is 23.2 Å². The van der Waals surface area contributed by atoms with Crippen LogP contribution in [0.25, 0.3) is 0 Å². The zero-order chi connectivity index (χ0) is 21.9. The molecule has 0 radical (unpaired) electrons. The maximum Gasteiger partial charge on any atom is 0.243 e. The van der Waals surface area contributed by atoms with Gasteiger partial charge in [-0.05, 0) is 68.7 Å². The second-order valence-electron chi connectivity index (χ2n) is 7.18. The van der Waals surface area contributed by atoms with Gasteiger partial charge in [0, 0.05) is 18.1 Å². The molecule has 0 spiro atoms. The van der Waals surface area contributed by atoms with Gasteiger partial charge in [0.2, 0.25) is 15.9 Å². The fourth-order valence-electron chi connectivity index (χ4n) is 3.45. The molecule has 9 heteroatoms. The maximum atomic E-state index is 13.1. The van der Waals surface area contributed by atoms with Crippen molar-refractivity contribution in [1.29, 1.82) is 0 Å². The predicted octanol–water partition coefficient (Wildman–Crippen LogP) is 4.74. The molecule has 1 amide bonds. The summed E-state index contributed by atoms with van der Waals surface area (Å²) in [5, 5.41) is 3.59. The Hall–Kier alpha value is -1.80. The van der Waals surface area contributed by atoms with Crippen molar-refractivity contribution >= 4 is 44.8 Å². The Balaban J connectivity index is 1.74. The zero-order valence-corrected chi connectivity index (χ0v) is 19.1. The van der Waals surface area contributed by atoms with Crippen molar-refractivity contribution in [3.05, 3.63) is 52.0 Å². The lowest BCUT2D eigenvalue weighted by molar-refractivity contribution is -0.120. The quantitative estimate of drug-likeness (QED) is 0.661. The van der Waals surface area contributed by atoms with Crippen LogP contribution >= 0.6 is 23.2 Å². The van der Waals surface area contributed by atoms with Crippen LogP contribution in [-0.2, 0) is 14.8 Å². The van der Waals surface area contributed by atoms with Gasteiger partial charge in [-0.25, -0.2) is 8.42 Å². The Morgan fingerprint density at radius 3 is 2.67 bits per heavy atom. The number of rotatable bonds is 6. The van der Waals surface area contributed by atoms with E-state index < -0.39 is 15.9 Å². The second-order valence-corrected chi connectivity index (χ2v) is 9.96. The Morgan fingerprint density at radius 2 is 2.00 bits per heavy atom. The van der Waals surface area contributed by atoms with E-state index in [1.807, 2.05) is 13.8 Å². The molecular weight excluding hydrogens is 447 g/mol. The van der Waals surface area contributed by atoms with Crippen LogP contribution in [0.4, 0.5) is 5.69 Å². The number of nitrogens with zero attached hydrogens (tertiary/aromatic N) is 1. The molecule has 1 fully saturated rings. The number of piperidine rings is 1. The number of carbonyl (C=O) groups excluding carboxylic acids is 1. The summed E-state index contributed by atoms with van der Waals surface area (Å²) in [6.07, 6.45) is 1.20. The number of hydrogen-bond acceptors (Lipinski definition) is 4. The first kappa shape index (κ1) is 22.9. The van der Waals surface area contributed by atoms with Crippen LogP contribution in [0.5, 0.6) is 5.75 Å². The number of anilines is 1. The van der Waals surface area contributed by atoms with Crippen molar-refractivity contribution < 1.29 is 17.9 Å². The van der Waals surface area contributed by atoms with Crippen LogP contribution in [0.15, 0.2) is 41.3 Å². The third kappa shape index (κ3) is 5.09. The summed E-state index contributed by atoms with van der Waals surface area (Å²) in [5.74, 6) is -0.0711. The fraction of sp³-hybridized carbons (Fsp3) is 0.381. The Kier molecular flexibility index (Phi) is 7.29. The van der Waals surface area contributed by atoms with Gasteiger partial charge in [-0.3, -0.25) is 4.79 Å². The average molecular weight is 471 g/mol. The first-order valence-electron chi connectivity index (χ1n) is 9.72. The van der Waals surface area contributed by atoms with Crippen LogP contribution in [0.1, 0.15) is 25.3 Å². The van der Waals surface area contributed by atoms with Crippen LogP contribution in [0.2, 0.25) is 10.0 Å². The molecule has 1 heterocycles. The highest BCUT2D eigenvalue weighted by Crippen LogP contribution is 2.29. The largest absolute Gasteiger partial charge is 0.494 e. The van der Waals surface area contributed by atoms with Gasteiger partial charge >= 0.3 is 0 Å². The molecule has 30 heavy (non-hydrogen) atoms. The van der Waals surface area contributed by atoms with E-state index in [1.165, 1.54) is 4.31 Å². The van der Waals surface area contributed by atoms with Gasteiger partial charge in [-0.2, -0.15) is 4.31 Å². The topological polar surface area (TPSA) is 75.7 Å². The molecule has 1 aliphatic rings. The molecule has 1 aliphatic heterocycles. The molecule has 0 saturated carbocycles. The van der Waals surface area contributed by atoms with Crippen molar-refractivity contribution in [3.8, 4) is 5.75 Å². The van der Waals surface area contributed by atoms with Gasteiger partial charge in [-0.15, -0.1) is 0 Å². The van der Waals surface area contributed by atoms with Gasteiger partial charge in [0.25, 0.3) is 0 Å². The van der Waals surface area contributed by atoms with Gasteiger partial charge in [0.1, 0.15) is 5.75 Å². The molecule has 3 rings (SSSR count). The highest BCUT2D eigenvalue weighted by molar-refractivity contribution is 7.89. The molecule has 0 unspecified atom stereocenters. The van der Waals surface area contributed by atoms with Crippen molar-refractivity contribution in [2.75, 3.05) is 25.0 Å². The predicted molar refractivity (Wildman–Crippen MR) is 119 cm³/mol. The van der Waals surface area contributed by atoms with E-state index in [9.17, 15) is 13.2 Å². The van der Waals surface area contributed by atoms with Gasteiger partial charge in [0.15, 0.2) is 0 Å². The molecule has 1 atom stereocenters. The van der Waals surface area contributed by atoms with Gasteiger partial charge < -0.3 is 10.1 Å². The molecular formula is C21H24Cl2N2O4S. The lowest BCUT2D eigenvalue weighted by Crippen LogP contribution is -2.43. The van der Waals surface area contributed by atoms with E-state index in [4.69, 9.17) is 27.9 Å². The molecule has 1 saturated heterocycles. The number of sulfonamides is 1. The third-order valence-electron chi connectivity index (χ3n) is 5.03. The van der Waals surface area contributed by atoms with Crippen LogP contribution in [0.3, 0.4) is 0 Å². The van der Waals surface area contributed by atoms with Crippen LogP contribution in [0, 0.1) is 12.8 Å². The van der Waals surface area contributed by atoms with E-state index in [1.54, 1.807) is 36.4 Å². The molecule has 162 valence electrons. The minimum Gasteiger partial charge on any atom is -0.494 e. The average Bonchev–Trinajstić information content (AvgIpc) is 2.71. The van der Waals surface area contributed by atoms with E-state index in [0.717, 1.165) is 5.56 Å². The van der Waals surface area contributed by atoms with E-state index in [-0.39, 0.29) is 17.3 Å². The van der Waals surface area contributed by atoms with E-state index in [2.05, 4.69) is 5.32 Å². The van der Waals surface area contributed by atoms with Crippen molar-refractivity contribution in [2.45, 2.75) is 31.6 Å². The van der Waals surface area contributed by atoms with Crippen molar-refractivity contribution in [2.24, 2.45) is 5.92 Å². The van der Waals surface area contributed by atoms with E-state index in [0.29, 0.717) is 47.5 Å². The number of benzene rings is 2. The summed E-state index contributed by atoms with van der Waals surface area (Å²) in [4.78, 5) is 12.9. The molecule has 0 bridgehead atoms. The second kappa shape index (κ2) is 9.56. The number of amides is 1. The monoisotopic (exact) mass is 470 g/mol. The highest BCUT2D eigenvalue weighted by atomic mass is 35.5. The number of halogens is 2. The highest BCUT2D eigenvalue weighted by Gasteiger charge is 2.33. The lowest BCUT2D eigenvalue weighted by Gasteiger charge is -2.31. The number of carbonyl (C=O) groups is 1. The Bertz CT molecular complexity index is 1040. The van der Waals surface area contributed by atoms with Crippen LogP contribution < -0.4 is 10.1 Å². The summed E-state index contributed by atoms with van der Waals surface area (Å²) in [6, 6.07) is 9.63. The summed E-state index contributed by atoms with van der Waals surface area (Å²) in [5.41, 5.74) is 1.20. The molecule has 6 nitrogen and oxygen atoms in total. The lowest BCUT2D eigenvalue weighted by atomic mass is 9.99.